The van der Waals surface area contributed by atoms with Crippen LogP contribution in [0.1, 0.15) is 40.5 Å². The fraction of sp³-hybridized carbons (Fsp3) is 0.238. The van der Waals surface area contributed by atoms with Gasteiger partial charge in [0.15, 0.2) is 5.60 Å². The second-order valence-electron chi connectivity index (χ2n) is 7.43. The number of nitrogens with zero attached hydrogens (tertiary/aromatic N) is 1. The number of aromatic nitrogens is 1. The minimum Gasteiger partial charge on any atom is -0.458 e. The number of Topliss-reactive ketones (excluding diaryl/α,β-unsaturated/α-hetero) is 1. The molecule has 1 amide bonds. The summed E-state index contributed by atoms with van der Waals surface area (Å²) in [4.78, 5) is 51.1. The fourth-order valence-corrected chi connectivity index (χ4v) is 4.75. The Kier molecular flexibility index (Phi) is 4.06. The van der Waals surface area contributed by atoms with Gasteiger partial charge in [0.1, 0.15) is 6.61 Å². The van der Waals surface area contributed by atoms with Crippen LogP contribution in [0.3, 0.4) is 0 Å². The van der Waals surface area contributed by atoms with Gasteiger partial charge in [-0.15, -0.1) is 0 Å². The lowest BCUT2D eigenvalue weighted by molar-refractivity contribution is -0.172. The molecule has 0 bridgehead atoms. The summed E-state index contributed by atoms with van der Waals surface area (Å²) in [6.07, 6.45) is -0.00190. The van der Waals surface area contributed by atoms with Gasteiger partial charge in [0.25, 0.3) is 11.5 Å². The molecule has 1 atom stereocenters. The number of fused-ring (bicyclic) bond motifs is 3. The largest absolute Gasteiger partial charge is 0.458 e. The Labute approximate surface area is 183 Å². The van der Waals surface area contributed by atoms with Crippen LogP contribution in [0.5, 0.6) is 0 Å². The topological polar surface area (TPSA) is 115 Å². The molecular weight excluding hydrogens is 503 g/mol. The lowest BCUT2D eigenvalue weighted by Gasteiger charge is -2.31. The van der Waals surface area contributed by atoms with Crippen LogP contribution in [0.2, 0.25) is 0 Å². The number of cyclic esters (lactones) is 1. The Bertz CT molecular complexity index is 1290. The van der Waals surface area contributed by atoms with E-state index in [2.05, 4.69) is 27.9 Å². The number of rotatable bonds is 1. The van der Waals surface area contributed by atoms with Crippen molar-refractivity contribution in [1.29, 1.82) is 0 Å². The van der Waals surface area contributed by atoms with Gasteiger partial charge in [-0.1, -0.05) is 6.92 Å². The maximum atomic E-state index is 13.2. The van der Waals surface area contributed by atoms with E-state index in [1.807, 2.05) is 12.1 Å². The van der Waals surface area contributed by atoms with Crippen molar-refractivity contribution in [3.05, 3.63) is 66.1 Å². The molecule has 2 N–H and O–H groups in total. The number of aliphatic hydroxyl groups is 1. The van der Waals surface area contributed by atoms with E-state index < -0.39 is 28.8 Å². The van der Waals surface area contributed by atoms with Crippen LogP contribution in [0.4, 0.5) is 5.69 Å². The lowest BCUT2D eigenvalue weighted by Crippen LogP contribution is -2.44. The average Bonchev–Trinajstić information content (AvgIpc) is 3.21. The first-order valence-corrected chi connectivity index (χ1v) is 10.4. The van der Waals surface area contributed by atoms with E-state index in [9.17, 15) is 24.3 Å². The number of benzene rings is 1. The third-order valence-electron chi connectivity index (χ3n) is 5.89. The number of hydrogen-bond acceptors (Lipinski definition) is 6. The van der Waals surface area contributed by atoms with E-state index in [1.165, 1.54) is 10.6 Å². The maximum absolute atomic E-state index is 13.2. The number of carbonyl (C=O) groups excluding carboxylic acids is 3. The summed E-state index contributed by atoms with van der Waals surface area (Å²) in [6, 6.07) is 6.81. The predicted octanol–water partition coefficient (Wildman–Crippen LogP) is 1.71. The number of nitrogens with one attached hydrogen (secondary N) is 1. The van der Waals surface area contributed by atoms with E-state index in [4.69, 9.17) is 4.74 Å². The Morgan fingerprint density at radius 3 is 2.73 bits per heavy atom. The first-order chi connectivity index (χ1) is 14.3. The Hall–Kier alpha value is -2.79. The molecule has 0 saturated heterocycles. The predicted molar refractivity (Wildman–Crippen MR) is 114 cm³/mol. The van der Waals surface area contributed by atoms with Crippen LogP contribution in [-0.2, 0) is 33.1 Å². The summed E-state index contributed by atoms with van der Waals surface area (Å²) in [5.74, 6) is -1.71. The van der Waals surface area contributed by atoms with E-state index in [0.29, 0.717) is 11.3 Å². The fourth-order valence-electron chi connectivity index (χ4n) is 4.26. The summed E-state index contributed by atoms with van der Waals surface area (Å²) in [5, 5.41) is 13.6. The van der Waals surface area contributed by atoms with Gasteiger partial charge in [-0.25, -0.2) is 4.79 Å². The normalized spacial score (nSPS) is 24.3. The van der Waals surface area contributed by atoms with Crippen molar-refractivity contribution in [2.24, 2.45) is 0 Å². The van der Waals surface area contributed by atoms with Crippen LogP contribution in [0, 0.1) is 3.57 Å². The molecule has 8 nitrogen and oxygen atoms in total. The molecule has 0 fully saturated rings. The number of hydrogen-bond donors (Lipinski definition) is 2. The average molecular weight is 518 g/mol. The Balaban J connectivity index is 1.73. The lowest BCUT2D eigenvalue weighted by atomic mass is 9.86. The first kappa shape index (κ1) is 19.2. The van der Waals surface area contributed by atoms with Gasteiger partial charge in [0, 0.05) is 26.0 Å². The molecule has 30 heavy (non-hydrogen) atoms. The smallest absolute Gasteiger partial charge is 0.343 e. The van der Waals surface area contributed by atoms with Crippen LogP contribution >= 0.6 is 22.6 Å². The summed E-state index contributed by atoms with van der Waals surface area (Å²) in [6.45, 7) is 1.27. The van der Waals surface area contributed by atoms with Crippen molar-refractivity contribution in [3.8, 4) is 0 Å². The van der Waals surface area contributed by atoms with Crippen molar-refractivity contribution in [2.45, 2.75) is 32.1 Å². The zero-order chi connectivity index (χ0) is 21.4. The van der Waals surface area contributed by atoms with E-state index in [-0.39, 0.29) is 47.5 Å². The monoisotopic (exact) mass is 518 g/mol. The second-order valence-corrected chi connectivity index (χ2v) is 8.68. The van der Waals surface area contributed by atoms with Gasteiger partial charge in [0.2, 0.25) is 5.78 Å². The maximum Gasteiger partial charge on any atom is 0.343 e. The molecular formula is C21H15IN2O6. The number of esters is 1. The van der Waals surface area contributed by atoms with Crippen LogP contribution in [-0.4, -0.2) is 27.3 Å². The molecule has 3 aliphatic heterocycles. The highest BCUT2D eigenvalue weighted by Gasteiger charge is 2.46. The highest BCUT2D eigenvalue weighted by Crippen LogP contribution is 2.39. The van der Waals surface area contributed by atoms with E-state index in [0.717, 1.165) is 3.57 Å². The van der Waals surface area contributed by atoms with Gasteiger partial charge in [-0.05, 0) is 53.3 Å². The van der Waals surface area contributed by atoms with Gasteiger partial charge in [-0.3, -0.25) is 14.4 Å². The number of anilines is 1. The Morgan fingerprint density at radius 1 is 1.23 bits per heavy atom. The van der Waals surface area contributed by atoms with Crippen LogP contribution < -0.4 is 10.9 Å². The van der Waals surface area contributed by atoms with Crippen molar-refractivity contribution in [1.82, 2.24) is 4.57 Å². The quantitative estimate of drug-likeness (QED) is 0.338. The summed E-state index contributed by atoms with van der Waals surface area (Å²) in [7, 11) is 0. The third kappa shape index (κ3) is 2.42. The van der Waals surface area contributed by atoms with Crippen molar-refractivity contribution in [2.75, 3.05) is 5.32 Å². The zero-order valence-corrected chi connectivity index (χ0v) is 17.9. The molecule has 152 valence electrons. The van der Waals surface area contributed by atoms with E-state index >= 15 is 0 Å². The number of carbonyl (C=O) groups is 3. The second kappa shape index (κ2) is 6.35. The summed E-state index contributed by atoms with van der Waals surface area (Å²) >= 11 is 2.12. The molecule has 3 aliphatic rings. The number of halogens is 1. The van der Waals surface area contributed by atoms with Crippen molar-refractivity contribution in [3.63, 3.8) is 0 Å². The highest BCUT2D eigenvalue weighted by atomic mass is 127. The third-order valence-corrected chi connectivity index (χ3v) is 6.56. The molecule has 0 aliphatic carbocycles. The molecule has 9 heteroatoms. The molecule has 0 spiro atoms. The summed E-state index contributed by atoms with van der Waals surface area (Å²) in [5.41, 5.74) is -0.515. The number of ether oxygens (including phenoxy) is 1. The molecule has 0 radical (unpaired) electrons. The van der Waals surface area contributed by atoms with Crippen LogP contribution in [0.25, 0.3) is 5.57 Å². The Morgan fingerprint density at radius 2 is 2.00 bits per heavy atom. The first-order valence-electron chi connectivity index (χ1n) is 9.32. The van der Waals surface area contributed by atoms with Gasteiger partial charge in [-0.2, -0.15) is 0 Å². The minimum absolute atomic E-state index is 0.00190. The molecule has 1 aromatic carbocycles. The molecule has 4 heterocycles. The molecule has 2 aromatic rings. The molecule has 0 unspecified atom stereocenters. The summed E-state index contributed by atoms with van der Waals surface area (Å²) < 4.78 is 7.20. The standard InChI is InChI=1S/C21H15IN2O6/c1-2-21(29)13-6-15-17(25)11(7-24(15)19(27)12(13)8-30-20(21)28)16-10-5-9(22)3-4-14(10)23-18(16)26/h3-6,29H,2,7-8H2,1H3,(H,23,26)/b16-11-/t21-/m1/s1. The number of allylic oxidation sites excluding steroid dienone is 1. The van der Waals surface area contributed by atoms with Crippen molar-refractivity contribution >= 4 is 51.5 Å². The van der Waals surface area contributed by atoms with E-state index in [1.54, 1.807) is 13.0 Å². The number of amides is 1. The zero-order valence-electron chi connectivity index (χ0n) is 15.7. The molecule has 5 rings (SSSR count). The molecule has 0 saturated carbocycles. The number of ketones is 1. The minimum atomic E-state index is -1.98. The SMILES string of the molecule is CC[C@]1(O)C(=O)OCc2c1cc1n(c2=O)C/C(=C2/C(=O)Nc3ccc(I)cc32)C1=O. The van der Waals surface area contributed by atoms with Gasteiger partial charge < -0.3 is 19.7 Å². The number of pyridine rings is 1. The highest BCUT2D eigenvalue weighted by molar-refractivity contribution is 14.1. The molecule has 1 aromatic heterocycles. The van der Waals surface area contributed by atoms with Gasteiger partial charge >= 0.3 is 5.97 Å². The van der Waals surface area contributed by atoms with Crippen molar-refractivity contribution < 1.29 is 24.2 Å². The van der Waals surface area contributed by atoms with Gasteiger partial charge in [0.05, 0.1) is 23.4 Å². The van der Waals surface area contributed by atoms with Crippen LogP contribution in [0.15, 0.2) is 34.6 Å².